The second-order valence-corrected chi connectivity index (χ2v) is 9.41. The van der Waals surface area contributed by atoms with Gasteiger partial charge in [0.15, 0.2) is 17.9 Å². The van der Waals surface area contributed by atoms with Gasteiger partial charge in [-0.2, -0.15) is 0 Å². The molecule has 3 aliphatic heterocycles. The Bertz CT molecular complexity index is 717. The predicted molar refractivity (Wildman–Crippen MR) is 114 cm³/mol. The van der Waals surface area contributed by atoms with E-state index in [-0.39, 0.29) is 24.4 Å². The van der Waals surface area contributed by atoms with Crippen LogP contribution in [0.15, 0.2) is 24.3 Å². The summed E-state index contributed by atoms with van der Waals surface area (Å²) < 4.78 is 42.2. The maximum Gasteiger partial charge on any atom is 0.190 e. The zero-order valence-corrected chi connectivity index (χ0v) is 19.3. The van der Waals surface area contributed by atoms with Crippen LogP contribution in [0, 0.1) is 0 Å². The molecule has 0 radical (unpaired) electrons. The van der Waals surface area contributed by atoms with Crippen LogP contribution < -0.4 is 4.74 Å². The van der Waals surface area contributed by atoms with Crippen LogP contribution in [0.3, 0.4) is 0 Å². The molecule has 174 valence electrons. The number of rotatable bonds is 9. The average Bonchev–Trinajstić information content (AvgIpc) is 3.33. The van der Waals surface area contributed by atoms with Crippen molar-refractivity contribution in [2.75, 3.05) is 13.2 Å². The Kier molecular flexibility index (Phi) is 6.91. The molecule has 4 rings (SSSR count). The molecule has 1 aromatic rings. The number of ether oxygens (including phenoxy) is 7. The Balaban J connectivity index is 1.37. The van der Waals surface area contributed by atoms with E-state index >= 15 is 0 Å². The Morgan fingerprint density at radius 1 is 0.935 bits per heavy atom. The molecule has 1 aromatic carbocycles. The van der Waals surface area contributed by atoms with Gasteiger partial charge >= 0.3 is 0 Å². The van der Waals surface area contributed by atoms with Gasteiger partial charge in [-0.05, 0) is 51.8 Å². The highest BCUT2D eigenvalue weighted by molar-refractivity contribution is 5.26. The van der Waals surface area contributed by atoms with Crippen molar-refractivity contribution in [3.63, 3.8) is 0 Å². The highest BCUT2D eigenvalue weighted by Crippen LogP contribution is 2.42. The van der Waals surface area contributed by atoms with Gasteiger partial charge in [0.05, 0.1) is 19.8 Å². The minimum Gasteiger partial charge on any atom is -0.494 e. The van der Waals surface area contributed by atoms with Crippen molar-refractivity contribution in [1.82, 2.24) is 0 Å². The number of benzene rings is 1. The van der Waals surface area contributed by atoms with Crippen molar-refractivity contribution in [3.8, 4) is 5.75 Å². The zero-order chi connectivity index (χ0) is 22.1. The summed E-state index contributed by atoms with van der Waals surface area (Å²) in [4.78, 5) is 0. The van der Waals surface area contributed by atoms with Gasteiger partial charge in [0.25, 0.3) is 0 Å². The summed E-state index contributed by atoms with van der Waals surface area (Å²) in [6, 6.07) is 8.05. The zero-order valence-electron chi connectivity index (χ0n) is 19.3. The quantitative estimate of drug-likeness (QED) is 0.538. The van der Waals surface area contributed by atoms with Gasteiger partial charge in [-0.25, -0.2) is 0 Å². The third kappa shape index (κ3) is 5.59. The van der Waals surface area contributed by atoms with Crippen LogP contribution in [0.5, 0.6) is 5.75 Å². The lowest BCUT2D eigenvalue weighted by molar-refractivity contribution is -0.236. The molecule has 0 N–H and O–H groups in total. The van der Waals surface area contributed by atoms with Gasteiger partial charge in [-0.3, -0.25) is 0 Å². The van der Waals surface area contributed by atoms with Crippen molar-refractivity contribution < 1.29 is 33.2 Å². The van der Waals surface area contributed by atoms with Crippen LogP contribution in [-0.4, -0.2) is 55.5 Å². The summed E-state index contributed by atoms with van der Waals surface area (Å²) in [5, 5.41) is 0. The average molecular weight is 437 g/mol. The molecule has 7 nitrogen and oxygen atoms in total. The van der Waals surface area contributed by atoms with E-state index in [1.54, 1.807) is 0 Å². The Morgan fingerprint density at radius 2 is 1.71 bits per heavy atom. The van der Waals surface area contributed by atoms with Crippen LogP contribution in [0.1, 0.15) is 59.4 Å². The molecule has 3 aliphatic rings. The molecule has 0 aliphatic carbocycles. The summed E-state index contributed by atoms with van der Waals surface area (Å²) in [7, 11) is 0. The van der Waals surface area contributed by atoms with E-state index in [1.807, 2.05) is 52.0 Å². The van der Waals surface area contributed by atoms with Crippen LogP contribution in [0.4, 0.5) is 0 Å². The van der Waals surface area contributed by atoms with E-state index in [0.717, 1.165) is 24.3 Å². The topological polar surface area (TPSA) is 64.6 Å². The van der Waals surface area contributed by atoms with Gasteiger partial charge in [-0.1, -0.05) is 31.9 Å². The largest absolute Gasteiger partial charge is 0.494 e. The second-order valence-electron chi connectivity index (χ2n) is 9.41. The number of hydrogen-bond donors (Lipinski definition) is 0. The number of fused-ring (bicyclic) bond motifs is 1. The molecule has 0 unspecified atom stereocenters. The van der Waals surface area contributed by atoms with E-state index in [4.69, 9.17) is 33.2 Å². The first-order valence-corrected chi connectivity index (χ1v) is 11.4. The van der Waals surface area contributed by atoms with Gasteiger partial charge in [0.1, 0.15) is 30.2 Å². The first-order chi connectivity index (χ1) is 14.8. The van der Waals surface area contributed by atoms with Gasteiger partial charge in [0, 0.05) is 0 Å². The molecule has 0 amide bonds. The summed E-state index contributed by atoms with van der Waals surface area (Å²) >= 11 is 0. The third-order valence-electron chi connectivity index (χ3n) is 5.81. The molecule has 3 saturated heterocycles. The Labute approximate surface area is 185 Å². The number of hydrogen-bond acceptors (Lipinski definition) is 7. The monoisotopic (exact) mass is 436 g/mol. The lowest BCUT2D eigenvalue weighted by Gasteiger charge is -2.29. The lowest BCUT2D eigenvalue weighted by atomic mass is 10.1. The molecule has 5 atom stereocenters. The number of unbranched alkanes of at least 4 members (excludes halogenated alkanes) is 2. The molecule has 0 saturated carbocycles. The third-order valence-corrected chi connectivity index (χ3v) is 5.81. The van der Waals surface area contributed by atoms with Crippen LogP contribution in [-0.2, 0) is 35.0 Å². The fraction of sp³-hybridized carbons (Fsp3) is 0.750. The summed E-state index contributed by atoms with van der Waals surface area (Å²) in [5.41, 5.74) is 1.06. The van der Waals surface area contributed by atoms with E-state index < -0.39 is 17.9 Å². The molecule has 3 heterocycles. The molecule has 0 aromatic heterocycles. The van der Waals surface area contributed by atoms with Gasteiger partial charge in [-0.15, -0.1) is 0 Å². The van der Waals surface area contributed by atoms with E-state index in [2.05, 4.69) is 6.92 Å². The molecule has 0 spiro atoms. The van der Waals surface area contributed by atoms with Crippen molar-refractivity contribution in [2.45, 2.75) is 103 Å². The molecule has 31 heavy (non-hydrogen) atoms. The first kappa shape index (κ1) is 23.0. The van der Waals surface area contributed by atoms with Crippen molar-refractivity contribution in [1.29, 1.82) is 0 Å². The van der Waals surface area contributed by atoms with Crippen molar-refractivity contribution in [3.05, 3.63) is 29.8 Å². The van der Waals surface area contributed by atoms with Crippen molar-refractivity contribution >= 4 is 0 Å². The molecule has 7 heteroatoms. The molecular weight excluding hydrogens is 400 g/mol. The normalized spacial score (nSPS) is 33.5. The minimum absolute atomic E-state index is 0.236. The maximum absolute atomic E-state index is 6.34. The van der Waals surface area contributed by atoms with E-state index in [9.17, 15) is 0 Å². The van der Waals surface area contributed by atoms with Crippen LogP contribution in [0.25, 0.3) is 0 Å². The second kappa shape index (κ2) is 9.33. The predicted octanol–water partition coefficient (Wildman–Crippen LogP) is 4.17. The molecule has 3 fully saturated rings. The SMILES string of the molecule is CCCCCOc1ccc(CO[C@H]2[C@H]3OC(C)(C)O[C@@H]3O[C@@H]2[C@H]2COC(C)(C)O2)cc1. The van der Waals surface area contributed by atoms with Crippen molar-refractivity contribution in [2.24, 2.45) is 0 Å². The maximum atomic E-state index is 6.34. The van der Waals surface area contributed by atoms with E-state index in [0.29, 0.717) is 13.2 Å². The molecule has 0 bridgehead atoms. The van der Waals surface area contributed by atoms with E-state index in [1.165, 1.54) is 12.8 Å². The molecular formula is C24H36O7. The Morgan fingerprint density at radius 3 is 2.39 bits per heavy atom. The highest BCUT2D eigenvalue weighted by Gasteiger charge is 2.58. The van der Waals surface area contributed by atoms with Crippen LogP contribution >= 0.6 is 0 Å². The van der Waals surface area contributed by atoms with Gasteiger partial charge in [0.2, 0.25) is 0 Å². The standard InChI is InChI=1S/C24H36O7/c1-6-7-8-13-25-17-11-9-16(10-12-17)14-26-20-19(18-15-27-23(2,3)29-18)28-22-21(20)30-24(4,5)31-22/h9-12,18-22H,6-8,13-15H2,1-5H3/t18-,19-,20-,21-,22+/m1/s1. The van der Waals surface area contributed by atoms with Crippen LogP contribution in [0.2, 0.25) is 0 Å². The fourth-order valence-electron chi connectivity index (χ4n) is 4.29. The fourth-order valence-corrected chi connectivity index (χ4v) is 4.29. The summed E-state index contributed by atoms with van der Waals surface area (Å²) in [6.07, 6.45) is 1.79. The smallest absolute Gasteiger partial charge is 0.190 e. The lowest BCUT2D eigenvalue weighted by Crippen LogP contribution is -2.44. The summed E-state index contributed by atoms with van der Waals surface area (Å²) in [5.74, 6) is -0.454. The summed E-state index contributed by atoms with van der Waals surface area (Å²) in [6.45, 7) is 11.4. The highest BCUT2D eigenvalue weighted by atomic mass is 16.8. The van der Waals surface area contributed by atoms with Gasteiger partial charge < -0.3 is 33.2 Å². The minimum atomic E-state index is -0.703. The Hall–Kier alpha value is -1.22. The first-order valence-electron chi connectivity index (χ1n) is 11.4.